The van der Waals surface area contributed by atoms with Gasteiger partial charge in [0, 0.05) is 38.9 Å². The Morgan fingerprint density at radius 2 is 2.00 bits per heavy atom. The number of rotatable bonds is 1. The summed E-state index contributed by atoms with van der Waals surface area (Å²) in [7, 11) is 1.51. The summed E-state index contributed by atoms with van der Waals surface area (Å²) in [5, 5.41) is 10.2. The second kappa shape index (κ2) is 5.69. The number of nitrogens with zero attached hydrogens (tertiary/aromatic N) is 2. The lowest BCUT2D eigenvalue weighted by molar-refractivity contribution is -0.115. The molecule has 0 spiro atoms. The number of amides is 1. The van der Waals surface area contributed by atoms with Gasteiger partial charge in [0.1, 0.15) is 5.82 Å². The monoisotopic (exact) mass is 264 g/mol. The molecule has 1 fully saturated rings. The Bertz CT molecular complexity index is 483. The quantitative estimate of drug-likeness (QED) is 0.579. The molecule has 1 heterocycles. The first kappa shape index (κ1) is 13.3. The summed E-state index contributed by atoms with van der Waals surface area (Å²) in [5.74, 6) is -0.640. The number of carbonyl (C=O) groups excluding carboxylic acids is 1. The van der Waals surface area contributed by atoms with Crippen LogP contribution in [0.2, 0.25) is 0 Å². The van der Waals surface area contributed by atoms with Crippen LogP contribution in [-0.2, 0) is 4.79 Å². The van der Waals surface area contributed by atoms with E-state index in [1.165, 1.54) is 19.2 Å². The summed E-state index contributed by atoms with van der Waals surface area (Å²) in [4.78, 5) is 15.1. The van der Waals surface area contributed by atoms with Crippen molar-refractivity contribution in [1.29, 1.82) is 5.41 Å². The molecule has 0 bridgehead atoms. The van der Waals surface area contributed by atoms with Crippen LogP contribution in [0.3, 0.4) is 0 Å². The van der Waals surface area contributed by atoms with Gasteiger partial charge in [-0.05, 0) is 18.2 Å². The van der Waals surface area contributed by atoms with Gasteiger partial charge in [-0.25, -0.2) is 4.39 Å². The lowest BCUT2D eigenvalue weighted by atomic mass is 10.2. The number of carbonyl (C=O) groups is 1. The molecule has 1 aliphatic heterocycles. The first-order chi connectivity index (χ1) is 9.11. The Balaban J connectivity index is 1.96. The second-order valence-electron chi connectivity index (χ2n) is 4.38. The van der Waals surface area contributed by atoms with Gasteiger partial charge in [0.05, 0.1) is 0 Å². The van der Waals surface area contributed by atoms with E-state index in [0.717, 1.165) is 5.69 Å². The minimum absolute atomic E-state index is 0.0126. The number of nitrogens with one attached hydrogen (secondary N) is 2. The van der Waals surface area contributed by atoms with Crippen molar-refractivity contribution in [1.82, 2.24) is 10.2 Å². The van der Waals surface area contributed by atoms with Crippen LogP contribution in [0.5, 0.6) is 0 Å². The maximum absolute atomic E-state index is 13.2. The van der Waals surface area contributed by atoms with E-state index in [1.54, 1.807) is 11.0 Å². The molecule has 2 rings (SSSR count). The van der Waals surface area contributed by atoms with Crippen molar-refractivity contribution < 1.29 is 9.18 Å². The molecule has 102 valence electrons. The number of halogens is 1. The van der Waals surface area contributed by atoms with Crippen molar-refractivity contribution in [3.63, 3.8) is 0 Å². The molecule has 0 aromatic heterocycles. The lowest BCUT2D eigenvalue weighted by Crippen LogP contribution is -2.52. The fraction of sp³-hybridized carbons (Fsp3) is 0.385. The fourth-order valence-corrected chi connectivity index (χ4v) is 2.12. The van der Waals surface area contributed by atoms with Gasteiger partial charge < -0.3 is 15.1 Å². The second-order valence-corrected chi connectivity index (χ2v) is 4.38. The zero-order chi connectivity index (χ0) is 13.8. The van der Waals surface area contributed by atoms with E-state index in [1.807, 2.05) is 6.07 Å². The van der Waals surface area contributed by atoms with Gasteiger partial charge >= 0.3 is 0 Å². The molecule has 0 atom stereocenters. The summed E-state index contributed by atoms with van der Waals surface area (Å²) in [6.45, 7) is 2.51. The first-order valence-corrected chi connectivity index (χ1v) is 6.18. The Kier molecular flexibility index (Phi) is 3.99. The predicted octanol–water partition coefficient (Wildman–Crippen LogP) is 0.671. The zero-order valence-electron chi connectivity index (χ0n) is 10.8. The van der Waals surface area contributed by atoms with E-state index >= 15 is 0 Å². The SMILES string of the molecule is CNC(=O)C(=N)N1CCN(c2cccc(F)c2)CC1. The van der Waals surface area contributed by atoms with E-state index < -0.39 is 0 Å². The molecule has 1 aliphatic rings. The standard InChI is InChI=1S/C13H17FN4O/c1-16-13(19)12(15)18-7-5-17(6-8-18)11-4-2-3-10(14)9-11/h2-4,9,15H,5-8H2,1H3,(H,16,19). The smallest absolute Gasteiger partial charge is 0.286 e. The summed E-state index contributed by atoms with van der Waals surface area (Å²) >= 11 is 0. The largest absolute Gasteiger partial charge is 0.368 e. The summed E-state index contributed by atoms with van der Waals surface area (Å²) in [6, 6.07) is 6.47. The summed E-state index contributed by atoms with van der Waals surface area (Å²) in [5.41, 5.74) is 0.839. The topological polar surface area (TPSA) is 59.4 Å². The molecule has 0 aliphatic carbocycles. The van der Waals surface area contributed by atoms with Crippen LogP contribution in [0.15, 0.2) is 24.3 Å². The normalized spacial score (nSPS) is 15.3. The molecule has 2 N–H and O–H groups in total. The highest BCUT2D eigenvalue weighted by atomic mass is 19.1. The van der Waals surface area contributed by atoms with Gasteiger partial charge in [0.25, 0.3) is 5.91 Å². The highest BCUT2D eigenvalue weighted by Gasteiger charge is 2.22. The Hall–Kier alpha value is -2.11. The third kappa shape index (κ3) is 3.01. The van der Waals surface area contributed by atoms with E-state index in [4.69, 9.17) is 5.41 Å². The van der Waals surface area contributed by atoms with Gasteiger partial charge in [0.15, 0.2) is 5.84 Å². The Labute approximate surface area is 111 Å². The van der Waals surface area contributed by atoms with Crippen LogP contribution >= 0.6 is 0 Å². The molecule has 1 aromatic rings. The summed E-state index contributed by atoms with van der Waals surface area (Å²) in [6.07, 6.45) is 0. The van der Waals surface area contributed by atoms with Gasteiger partial charge in [0.2, 0.25) is 0 Å². The molecule has 1 amide bonds. The lowest BCUT2D eigenvalue weighted by Gasteiger charge is -2.36. The van der Waals surface area contributed by atoms with Crippen molar-refractivity contribution in [3.05, 3.63) is 30.1 Å². The molecule has 0 unspecified atom stereocenters. The third-order valence-corrected chi connectivity index (χ3v) is 3.21. The van der Waals surface area contributed by atoms with E-state index in [0.29, 0.717) is 26.2 Å². The van der Waals surface area contributed by atoms with Crippen molar-refractivity contribution in [2.75, 3.05) is 38.1 Å². The Morgan fingerprint density at radius 3 is 2.58 bits per heavy atom. The highest BCUT2D eigenvalue weighted by Crippen LogP contribution is 2.17. The van der Waals surface area contributed by atoms with E-state index in [-0.39, 0.29) is 17.6 Å². The minimum Gasteiger partial charge on any atom is -0.368 e. The van der Waals surface area contributed by atoms with Gasteiger partial charge in [-0.2, -0.15) is 0 Å². The molecule has 0 radical (unpaired) electrons. The molecule has 6 heteroatoms. The van der Waals surface area contributed by atoms with Crippen LogP contribution in [0.25, 0.3) is 0 Å². The number of anilines is 1. The van der Waals surface area contributed by atoms with Crippen molar-refractivity contribution in [3.8, 4) is 0 Å². The van der Waals surface area contributed by atoms with Crippen LogP contribution in [0, 0.1) is 11.2 Å². The van der Waals surface area contributed by atoms with Gasteiger partial charge in [-0.15, -0.1) is 0 Å². The average Bonchev–Trinajstić information content (AvgIpc) is 2.46. The molecule has 5 nitrogen and oxygen atoms in total. The average molecular weight is 264 g/mol. The maximum Gasteiger partial charge on any atom is 0.286 e. The molecule has 1 saturated heterocycles. The molecule has 0 saturated carbocycles. The van der Waals surface area contributed by atoms with Crippen LogP contribution in [-0.4, -0.2) is 49.9 Å². The molecule has 1 aromatic carbocycles. The number of piperazine rings is 1. The third-order valence-electron chi connectivity index (χ3n) is 3.21. The van der Waals surface area contributed by atoms with Gasteiger partial charge in [-0.1, -0.05) is 6.07 Å². The molecule has 19 heavy (non-hydrogen) atoms. The van der Waals surface area contributed by atoms with Crippen molar-refractivity contribution >= 4 is 17.4 Å². The zero-order valence-corrected chi connectivity index (χ0v) is 10.8. The van der Waals surface area contributed by atoms with Crippen molar-refractivity contribution in [2.45, 2.75) is 0 Å². The number of likely N-dealkylation sites (N-methyl/N-ethyl adjacent to an activating group) is 1. The number of amidine groups is 1. The summed E-state index contributed by atoms with van der Waals surface area (Å²) < 4.78 is 13.2. The number of benzene rings is 1. The fourth-order valence-electron chi connectivity index (χ4n) is 2.12. The highest BCUT2D eigenvalue weighted by molar-refractivity contribution is 6.36. The minimum atomic E-state index is -0.376. The number of hydrogen-bond acceptors (Lipinski definition) is 3. The predicted molar refractivity (Wildman–Crippen MR) is 72.0 cm³/mol. The van der Waals surface area contributed by atoms with E-state index in [9.17, 15) is 9.18 Å². The van der Waals surface area contributed by atoms with Crippen LogP contribution in [0.4, 0.5) is 10.1 Å². The maximum atomic E-state index is 13.2. The number of hydrogen-bond donors (Lipinski definition) is 2. The van der Waals surface area contributed by atoms with Crippen LogP contribution < -0.4 is 10.2 Å². The molecular formula is C13H17FN4O. The van der Waals surface area contributed by atoms with Crippen molar-refractivity contribution in [2.24, 2.45) is 0 Å². The first-order valence-electron chi connectivity index (χ1n) is 6.18. The Morgan fingerprint density at radius 1 is 1.32 bits per heavy atom. The van der Waals surface area contributed by atoms with Gasteiger partial charge in [-0.3, -0.25) is 10.2 Å². The van der Waals surface area contributed by atoms with E-state index in [2.05, 4.69) is 10.2 Å². The molecular weight excluding hydrogens is 247 g/mol. The van der Waals surface area contributed by atoms with Crippen LogP contribution in [0.1, 0.15) is 0 Å².